The van der Waals surface area contributed by atoms with Crippen LogP contribution in [0.1, 0.15) is 32.9 Å². The number of aromatic carboxylic acids is 1. The van der Waals surface area contributed by atoms with Gasteiger partial charge in [-0.05, 0) is 47.4 Å². The molecule has 0 aliphatic rings. The van der Waals surface area contributed by atoms with Crippen molar-refractivity contribution in [2.24, 2.45) is 0 Å². The minimum absolute atomic E-state index is 0.114. The summed E-state index contributed by atoms with van der Waals surface area (Å²) >= 11 is 0. The summed E-state index contributed by atoms with van der Waals surface area (Å²) in [4.78, 5) is 21.0. The monoisotopic (exact) mass is 458 g/mol. The number of carboxylic acids is 1. The minimum Gasteiger partial charge on any atom is -0.484 e. The van der Waals surface area contributed by atoms with Gasteiger partial charge >= 0.3 is 5.97 Å². The number of ether oxygens (including phenoxy) is 2. The van der Waals surface area contributed by atoms with Crippen molar-refractivity contribution in [2.45, 2.75) is 13.0 Å². The predicted molar refractivity (Wildman–Crippen MR) is 127 cm³/mol. The summed E-state index contributed by atoms with van der Waals surface area (Å²) in [5, 5.41) is 10.5. The number of halogens is 1. The van der Waals surface area contributed by atoms with Gasteiger partial charge < -0.3 is 14.6 Å². The molecule has 4 rings (SSSR count). The van der Waals surface area contributed by atoms with Crippen LogP contribution in [0.15, 0.2) is 72.9 Å². The average Bonchev–Trinajstić information content (AvgIpc) is 2.85. The molecule has 0 bridgehead atoms. The molecule has 2 heterocycles. The Labute approximate surface area is 196 Å². The highest BCUT2D eigenvalue weighted by Crippen LogP contribution is 2.32. The lowest BCUT2D eigenvalue weighted by atomic mass is 10.0. The summed E-state index contributed by atoms with van der Waals surface area (Å²) in [6, 6.07) is 17.6. The number of carbonyl (C=O) groups is 1. The number of nitrogens with zero attached hydrogens (tertiary/aromatic N) is 2. The molecule has 2 aromatic heterocycles. The van der Waals surface area contributed by atoms with Crippen molar-refractivity contribution in [1.82, 2.24) is 9.97 Å². The van der Waals surface area contributed by atoms with Gasteiger partial charge in [-0.1, -0.05) is 48.5 Å². The molecule has 0 saturated heterocycles. The van der Waals surface area contributed by atoms with E-state index >= 15 is 0 Å². The van der Waals surface area contributed by atoms with E-state index in [4.69, 9.17) is 9.47 Å². The van der Waals surface area contributed by atoms with Crippen LogP contribution in [0, 0.1) is 5.82 Å². The van der Waals surface area contributed by atoms with Crippen LogP contribution in [0.25, 0.3) is 17.0 Å². The van der Waals surface area contributed by atoms with Gasteiger partial charge in [0.1, 0.15) is 17.9 Å². The first-order valence-corrected chi connectivity index (χ1v) is 10.7. The second-order valence-electron chi connectivity index (χ2n) is 7.65. The van der Waals surface area contributed by atoms with E-state index in [9.17, 15) is 14.3 Å². The Bertz CT molecular complexity index is 1320. The molecule has 0 aliphatic carbocycles. The highest BCUT2D eigenvalue weighted by atomic mass is 19.1. The number of rotatable bonds is 9. The smallest absolute Gasteiger partial charge is 0.358 e. The maximum Gasteiger partial charge on any atom is 0.358 e. The van der Waals surface area contributed by atoms with Gasteiger partial charge in [0.05, 0.1) is 12.3 Å². The van der Waals surface area contributed by atoms with E-state index in [-0.39, 0.29) is 23.9 Å². The summed E-state index contributed by atoms with van der Waals surface area (Å²) < 4.78 is 24.3. The van der Waals surface area contributed by atoms with Gasteiger partial charge in [0.25, 0.3) is 0 Å². The second-order valence-corrected chi connectivity index (χ2v) is 7.65. The Balaban J connectivity index is 1.80. The fourth-order valence-electron chi connectivity index (χ4n) is 3.56. The summed E-state index contributed by atoms with van der Waals surface area (Å²) in [6.07, 6.45) is 5.67. The summed E-state index contributed by atoms with van der Waals surface area (Å²) in [5.41, 5.74) is 3.34. The van der Waals surface area contributed by atoms with Crippen molar-refractivity contribution in [3.8, 4) is 5.75 Å². The highest BCUT2D eigenvalue weighted by Gasteiger charge is 2.21. The first kappa shape index (κ1) is 23.1. The Morgan fingerprint density at radius 1 is 1.06 bits per heavy atom. The lowest BCUT2D eigenvalue weighted by molar-refractivity contribution is 0.0685. The van der Waals surface area contributed by atoms with Crippen molar-refractivity contribution >= 4 is 22.9 Å². The molecular formula is C27H23FN2O4. The normalized spacial score (nSPS) is 11.2. The van der Waals surface area contributed by atoms with Gasteiger partial charge in [0.2, 0.25) is 0 Å². The SMILES string of the molecule is COC/C=C/c1nc(C(=O)O)c(OCc2ccccc2)c2ncc(Cc3ccc(F)cc3)cc12. The number of pyridine rings is 2. The van der Waals surface area contributed by atoms with Gasteiger partial charge in [-0.25, -0.2) is 14.2 Å². The van der Waals surface area contributed by atoms with E-state index in [1.807, 2.05) is 36.4 Å². The van der Waals surface area contributed by atoms with Crippen molar-refractivity contribution in [2.75, 3.05) is 13.7 Å². The third-order valence-electron chi connectivity index (χ3n) is 5.17. The maximum atomic E-state index is 13.3. The van der Waals surface area contributed by atoms with Gasteiger partial charge in [0.15, 0.2) is 11.4 Å². The van der Waals surface area contributed by atoms with Crippen molar-refractivity contribution in [3.05, 3.63) is 107 Å². The van der Waals surface area contributed by atoms with Crippen LogP contribution in [-0.4, -0.2) is 34.8 Å². The molecular weight excluding hydrogens is 435 g/mol. The number of hydrogen-bond acceptors (Lipinski definition) is 5. The zero-order valence-corrected chi connectivity index (χ0v) is 18.6. The standard InChI is InChI=1S/C27H23FN2O4/c1-33-13-5-8-23-22-15-20(14-18-9-11-21(28)12-10-18)16-29-24(22)26(25(30-23)27(31)32)34-17-19-6-3-2-4-7-19/h2-12,15-16H,13-14,17H2,1H3,(H,31,32)/b8-5+. The van der Waals surface area contributed by atoms with Crippen molar-refractivity contribution in [3.63, 3.8) is 0 Å². The number of fused-ring (bicyclic) bond motifs is 1. The minimum atomic E-state index is -1.21. The highest BCUT2D eigenvalue weighted by molar-refractivity contribution is 5.99. The maximum absolute atomic E-state index is 13.3. The molecule has 4 aromatic rings. The summed E-state index contributed by atoms with van der Waals surface area (Å²) in [7, 11) is 1.57. The number of hydrogen-bond donors (Lipinski definition) is 1. The van der Waals surface area contributed by atoms with Crippen molar-refractivity contribution < 1.29 is 23.8 Å². The molecule has 0 spiro atoms. The molecule has 1 N–H and O–H groups in total. The first-order valence-electron chi connectivity index (χ1n) is 10.7. The van der Waals surface area contributed by atoms with Crippen molar-refractivity contribution in [1.29, 1.82) is 0 Å². The molecule has 0 saturated carbocycles. The Hall–Kier alpha value is -4.10. The van der Waals surface area contributed by atoms with Crippen LogP contribution in [0.3, 0.4) is 0 Å². The number of carboxylic acid groups (broad SMARTS) is 1. The van der Waals surface area contributed by atoms with Crippen LogP contribution >= 0.6 is 0 Å². The fourth-order valence-corrected chi connectivity index (χ4v) is 3.56. The largest absolute Gasteiger partial charge is 0.484 e. The predicted octanol–water partition coefficient (Wildman–Crippen LogP) is 5.30. The van der Waals surface area contributed by atoms with Crippen LogP contribution in [0.2, 0.25) is 0 Å². The number of benzene rings is 2. The Morgan fingerprint density at radius 2 is 1.82 bits per heavy atom. The van der Waals surface area contributed by atoms with Crippen LogP contribution < -0.4 is 4.74 Å². The Kier molecular flexibility index (Phi) is 7.25. The van der Waals surface area contributed by atoms with Crippen LogP contribution in [0.5, 0.6) is 5.75 Å². The van der Waals surface area contributed by atoms with E-state index in [0.717, 1.165) is 16.7 Å². The third-order valence-corrected chi connectivity index (χ3v) is 5.17. The molecule has 6 nitrogen and oxygen atoms in total. The number of methoxy groups -OCH3 is 1. The molecule has 172 valence electrons. The molecule has 0 fully saturated rings. The summed E-state index contributed by atoms with van der Waals surface area (Å²) in [5.74, 6) is -1.39. The van der Waals surface area contributed by atoms with Gasteiger partial charge in [-0.15, -0.1) is 0 Å². The van der Waals surface area contributed by atoms with Crippen LogP contribution in [0.4, 0.5) is 4.39 Å². The summed E-state index contributed by atoms with van der Waals surface area (Å²) in [6.45, 7) is 0.524. The topological polar surface area (TPSA) is 81.5 Å². The average molecular weight is 458 g/mol. The zero-order valence-electron chi connectivity index (χ0n) is 18.6. The molecule has 0 unspecified atom stereocenters. The molecule has 0 amide bonds. The van der Waals surface area contributed by atoms with Gasteiger partial charge in [-0.3, -0.25) is 4.98 Å². The zero-order chi connectivity index (χ0) is 23.9. The van der Waals surface area contributed by atoms with E-state index < -0.39 is 5.97 Å². The quantitative estimate of drug-likeness (QED) is 0.367. The first-order chi connectivity index (χ1) is 16.5. The molecule has 2 aromatic carbocycles. The second kappa shape index (κ2) is 10.7. The fraction of sp³-hybridized carbons (Fsp3) is 0.148. The molecule has 0 atom stereocenters. The van der Waals surface area contributed by atoms with Gasteiger partial charge in [0, 0.05) is 18.7 Å². The molecule has 34 heavy (non-hydrogen) atoms. The van der Waals surface area contributed by atoms with E-state index in [1.54, 1.807) is 37.6 Å². The molecule has 0 aliphatic heterocycles. The van der Waals surface area contributed by atoms with Gasteiger partial charge in [-0.2, -0.15) is 0 Å². The third kappa shape index (κ3) is 5.44. The van der Waals surface area contributed by atoms with E-state index in [2.05, 4.69) is 9.97 Å². The lowest BCUT2D eigenvalue weighted by Crippen LogP contribution is -2.09. The number of aromatic nitrogens is 2. The van der Waals surface area contributed by atoms with Crippen LogP contribution in [-0.2, 0) is 17.8 Å². The Morgan fingerprint density at radius 3 is 2.53 bits per heavy atom. The van der Waals surface area contributed by atoms with E-state index in [0.29, 0.717) is 29.6 Å². The molecule has 0 radical (unpaired) electrons. The van der Waals surface area contributed by atoms with E-state index in [1.165, 1.54) is 12.1 Å². The lowest BCUT2D eigenvalue weighted by Gasteiger charge is -2.14. The molecule has 7 heteroatoms.